The number of carbonyl (C=O) groups excluding carboxylic acids is 3. The molecule has 0 bridgehead atoms. The Kier molecular flexibility index (Phi) is 8.65. The number of likely N-dealkylation sites (N-methyl/N-ethyl adjacent to an activating group) is 1. The van der Waals surface area contributed by atoms with Gasteiger partial charge < -0.3 is 15.1 Å². The number of likely N-dealkylation sites (tertiary alicyclic amines) is 2. The fourth-order valence-corrected chi connectivity index (χ4v) is 6.87. The number of nitrogens with one attached hydrogen (secondary N) is 1. The van der Waals surface area contributed by atoms with Crippen LogP contribution in [0.5, 0.6) is 0 Å². The molecule has 3 aliphatic heterocycles. The highest BCUT2D eigenvalue weighted by Crippen LogP contribution is 2.44. The van der Waals surface area contributed by atoms with Crippen LogP contribution in [-0.2, 0) is 4.79 Å². The molecule has 10 nitrogen and oxygen atoms in total. The zero-order valence-electron chi connectivity index (χ0n) is 25.6. The average molecular weight is 652 g/mol. The van der Waals surface area contributed by atoms with Crippen molar-refractivity contribution < 1.29 is 31.9 Å². The van der Waals surface area contributed by atoms with Gasteiger partial charge in [0.05, 0.1) is 17.7 Å². The Hall–Kier alpha value is -4.93. The summed E-state index contributed by atoms with van der Waals surface area (Å²) in [6, 6.07) is 13.4. The standard InChI is InChI=1S/C33H33F4N7O3/c1-2-42-29-26(28(31(46)43-17-7-11-24(43)18-38)40-44(29)23-9-4-3-5-10-23)25(20-12-14-22(34)15-13-20)27(30(42)45)39-32(47)41-16-6-8-21(19-41)33(35,36)37/h3-5,9-10,12-15,21,24-25,27H,2,6-8,11,16-17,19H2,1H3,(H,39,47)/t21-,24+,25+,27+/m1/s1. The van der Waals surface area contributed by atoms with Crippen LogP contribution in [0.2, 0.25) is 0 Å². The summed E-state index contributed by atoms with van der Waals surface area (Å²) >= 11 is 0. The second kappa shape index (κ2) is 12.7. The van der Waals surface area contributed by atoms with Gasteiger partial charge in [0.2, 0.25) is 0 Å². The monoisotopic (exact) mass is 651 g/mol. The van der Waals surface area contributed by atoms with E-state index in [1.807, 2.05) is 0 Å². The molecule has 3 aliphatic rings. The van der Waals surface area contributed by atoms with E-state index in [1.54, 1.807) is 37.3 Å². The number of anilines is 1. The molecule has 0 saturated carbocycles. The first-order chi connectivity index (χ1) is 22.5. The largest absolute Gasteiger partial charge is 0.393 e. The maximum Gasteiger partial charge on any atom is 0.393 e. The molecule has 47 heavy (non-hydrogen) atoms. The number of benzene rings is 2. The minimum atomic E-state index is -4.48. The van der Waals surface area contributed by atoms with Crippen LogP contribution in [0, 0.1) is 23.1 Å². The highest BCUT2D eigenvalue weighted by Gasteiger charge is 2.49. The summed E-state index contributed by atoms with van der Waals surface area (Å²) in [6.07, 6.45) is -3.35. The van der Waals surface area contributed by atoms with Gasteiger partial charge in [0, 0.05) is 37.7 Å². The number of piperidine rings is 1. The first kappa shape index (κ1) is 32.0. The number of aromatic nitrogens is 2. The van der Waals surface area contributed by atoms with Crippen molar-refractivity contribution in [1.82, 2.24) is 24.9 Å². The molecule has 4 amide bonds. The number of hydrogen-bond donors (Lipinski definition) is 1. The van der Waals surface area contributed by atoms with Gasteiger partial charge >= 0.3 is 12.2 Å². The van der Waals surface area contributed by atoms with Crippen molar-refractivity contribution in [3.05, 3.63) is 77.2 Å². The molecule has 1 N–H and O–H groups in total. The van der Waals surface area contributed by atoms with E-state index >= 15 is 0 Å². The van der Waals surface area contributed by atoms with Crippen molar-refractivity contribution in [1.29, 1.82) is 5.26 Å². The maximum atomic E-state index is 14.4. The Morgan fingerprint density at radius 1 is 1.04 bits per heavy atom. The third-order valence-electron chi connectivity index (χ3n) is 9.19. The van der Waals surface area contributed by atoms with E-state index in [1.165, 1.54) is 38.7 Å². The van der Waals surface area contributed by atoms with Crippen molar-refractivity contribution in [2.75, 3.05) is 31.1 Å². The summed E-state index contributed by atoms with van der Waals surface area (Å²) in [5, 5.41) is 17.2. The normalized spacial score (nSPS) is 23.0. The second-order valence-corrected chi connectivity index (χ2v) is 12.0. The Labute approximate surface area is 268 Å². The van der Waals surface area contributed by atoms with Crippen molar-refractivity contribution in [2.45, 2.75) is 56.8 Å². The van der Waals surface area contributed by atoms with E-state index in [4.69, 9.17) is 5.10 Å². The molecule has 2 fully saturated rings. The predicted molar refractivity (Wildman–Crippen MR) is 162 cm³/mol. The lowest BCUT2D eigenvalue weighted by atomic mass is 9.80. The summed E-state index contributed by atoms with van der Waals surface area (Å²) in [7, 11) is 0. The number of fused-ring (bicyclic) bond motifs is 1. The molecule has 3 aromatic rings. The molecule has 14 heteroatoms. The number of nitriles is 1. The number of nitrogens with zero attached hydrogens (tertiary/aromatic N) is 6. The van der Waals surface area contributed by atoms with Crippen LogP contribution >= 0.6 is 0 Å². The maximum absolute atomic E-state index is 14.4. The first-order valence-corrected chi connectivity index (χ1v) is 15.6. The summed E-state index contributed by atoms with van der Waals surface area (Å²) < 4.78 is 56.5. The van der Waals surface area contributed by atoms with Gasteiger partial charge in [0.1, 0.15) is 23.7 Å². The summed E-state index contributed by atoms with van der Waals surface area (Å²) in [4.78, 5) is 46.2. The zero-order chi connectivity index (χ0) is 33.5. The van der Waals surface area contributed by atoms with Crippen LogP contribution < -0.4 is 10.2 Å². The lowest BCUT2D eigenvalue weighted by molar-refractivity contribution is -0.184. The molecule has 6 rings (SSSR count). The van der Waals surface area contributed by atoms with Gasteiger partial charge in [0.15, 0.2) is 5.69 Å². The van der Waals surface area contributed by atoms with Crippen molar-refractivity contribution in [3.63, 3.8) is 0 Å². The number of alkyl halides is 3. The quantitative estimate of drug-likeness (QED) is 0.391. The van der Waals surface area contributed by atoms with Crippen LogP contribution in [0.1, 0.15) is 60.1 Å². The van der Waals surface area contributed by atoms with Crippen LogP contribution in [0.25, 0.3) is 5.69 Å². The Morgan fingerprint density at radius 2 is 1.74 bits per heavy atom. The summed E-state index contributed by atoms with van der Waals surface area (Å²) in [6.45, 7) is 1.65. The third kappa shape index (κ3) is 5.90. The molecule has 2 aromatic carbocycles. The molecule has 4 heterocycles. The van der Waals surface area contributed by atoms with Crippen LogP contribution in [-0.4, -0.2) is 81.9 Å². The topological polar surface area (TPSA) is 115 Å². The van der Waals surface area contributed by atoms with Gasteiger partial charge in [0.25, 0.3) is 11.8 Å². The van der Waals surface area contributed by atoms with Gasteiger partial charge in [-0.2, -0.15) is 23.5 Å². The van der Waals surface area contributed by atoms with E-state index in [0.717, 1.165) is 4.90 Å². The smallest absolute Gasteiger partial charge is 0.325 e. The first-order valence-electron chi connectivity index (χ1n) is 15.6. The van der Waals surface area contributed by atoms with Gasteiger partial charge in [-0.1, -0.05) is 30.3 Å². The molecule has 0 unspecified atom stereocenters. The lowest BCUT2D eigenvalue weighted by Crippen LogP contribution is -2.59. The van der Waals surface area contributed by atoms with E-state index < -0.39 is 60.3 Å². The number of rotatable bonds is 5. The SMILES string of the molecule is CCN1C(=O)[C@@H](NC(=O)N2CCC[C@@H](C(F)(F)F)C2)[C@@H](c2ccc(F)cc2)c2c(C(=O)N3CCC[C@H]3C#N)nn(-c3ccccc3)c21. The van der Waals surface area contributed by atoms with E-state index in [9.17, 15) is 37.2 Å². The summed E-state index contributed by atoms with van der Waals surface area (Å²) in [5.41, 5.74) is 1.17. The molecule has 4 atom stereocenters. The van der Waals surface area contributed by atoms with Crippen LogP contribution in [0.3, 0.4) is 0 Å². The number of para-hydroxylation sites is 1. The molecule has 246 valence electrons. The Bertz CT molecular complexity index is 1700. The second-order valence-electron chi connectivity index (χ2n) is 12.0. The lowest BCUT2D eigenvalue weighted by Gasteiger charge is -2.40. The Morgan fingerprint density at radius 3 is 2.40 bits per heavy atom. The molecule has 0 spiro atoms. The molecular formula is C33H33F4N7O3. The zero-order valence-corrected chi connectivity index (χ0v) is 25.6. The third-order valence-corrected chi connectivity index (χ3v) is 9.19. The molecule has 0 radical (unpaired) electrons. The van der Waals surface area contributed by atoms with Gasteiger partial charge in [-0.15, -0.1) is 0 Å². The number of halogens is 4. The average Bonchev–Trinajstić information content (AvgIpc) is 3.71. The highest BCUT2D eigenvalue weighted by molar-refractivity contribution is 6.06. The van der Waals surface area contributed by atoms with Crippen molar-refractivity contribution in [2.24, 2.45) is 5.92 Å². The molecular weight excluding hydrogens is 618 g/mol. The number of hydrogen-bond acceptors (Lipinski definition) is 5. The molecule has 1 aromatic heterocycles. The fraction of sp³-hybridized carbons (Fsp3) is 0.424. The van der Waals surface area contributed by atoms with Gasteiger partial charge in [-0.05, 0) is 62.4 Å². The van der Waals surface area contributed by atoms with E-state index in [-0.39, 0.29) is 43.0 Å². The minimum Gasteiger partial charge on any atom is -0.325 e. The van der Waals surface area contributed by atoms with Gasteiger partial charge in [-0.3, -0.25) is 14.5 Å². The van der Waals surface area contributed by atoms with Crippen molar-refractivity contribution in [3.8, 4) is 11.8 Å². The fourth-order valence-electron chi connectivity index (χ4n) is 6.87. The molecule has 2 saturated heterocycles. The number of urea groups is 1. The van der Waals surface area contributed by atoms with E-state index in [0.29, 0.717) is 30.6 Å². The Balaban J connectivity index is 1.52. The minimum absolute atomic E-state index is 0.0411. The predicted octanol–water partition coefficient (Wildman–Crippen LogP) is 4.99. The van der Waals surface area contributed by atoms with E-state index in [2.05, 4.69) is 11.4 Å². The number of carbonyl (C=O) groups is 3. The highest BCUT2D eigenvalue weighted by atomic mass is 19.4. The van der Waals surface area contributed by atoms with Crippen LogP contribution in [0.15, 0.2) is 54.6 Å². The molecule has 0 aliphatic carbocycles. The van der Waals surface area contributed by atoms with Crippen molar-refractivity contribution >= 4 is 23.7 Å². The van der Waals surface area contributed by atoms with Gasteiger partial charge in [-0.25, -0.2) is 13.9 Å². The summed E-state index contributed by atoms with van der Waals surface area (Å²) in [5.74, 6) is -4.16. The van der Waals surface area contributed by atoms with Crippen LogP contribution in [0.4, 0.5) is 28.2 Å². The number of amides is 4.